The average Bonchev–Trinajstić information content (AvgIpc) is 3.43. The van der Waals surface area contributed by atoms with Crippen LogP contribution in [0.15, 0.2) is 79.3 Å². The van der Waals surface area contributed by atoms with Crippen LogP contribution in [0.25, 0.3) is 0 Å². The van der Waals surface area contributed by atoms with Gasteiger partial charge in [0.1, 0.15) is 5.75 Å². The van der Waals surface area contributed by atoms with Crippen LogP contribution in [0, 0.1) is 13.8 Å². The van der Waals surface area contributed by atoms with Crippen LogP contribution in [0.3, 0.4) is 0 Å². The number of aromatic nitrogens is 3. The van der Waals surface area contributed by atoms with Crippen LogP contribution in [-0.2, 0) is 11.3 Å². The van der Waals surface area contributed by atoms with E-state index in [9.17, 15) is 4.79 Å². The van der Waals surface area contributed by atoms with Gasteiger partial charge in [0.05, 0.1) is 30.6 Å². The van der Waals surface area contributed by atoms with Crippen molar-refractivity contribution in [3.05, 3.63) is 107 Å². The number of para-hydroxylation sites is 2. The molecule has 1 aliphatic heterocycles. The molecule has 1 aliphatic rings. The summed E-state index contributed by atoms with van der Waals surface area (Å²) in [7, 11) is 1.59. The summed E-state index contributed by atoms with van der Waals surface area (Å²) in [4.78, 5) is 24.0. The van der Waals surface area contributed by atoms with Crippen LogP contribution < -0.4 is 15.4 Å². The molecule has 200 valence electrons. The van der Waals surface area contributed by atoms with E-state index in [-0.39, 0.29) is 24.4 Å². The fourth-order valence-corrected chi connectivity index (χ4v) is 5.54. The van der Waals surface area contributed by atoms with Gasteiger partial charge in [-0.05, 0) is 73.6 Å². The lowest BCUT2D eigenvalue weighted by Gasteiger charge is -2.28. The molecule has 1 fully saturated rings. The number of carbonyl (C=O) groups is 1. The maximum absolute atomic E-state index is 13.0. The molecule has 0 aliphatic carbocycles. The van der Waals surface area contributed by atoms with Gasteiger partial charge in [0, 0.05) is 49.5 Å². The fourth-order valence-electron chi connectivity index (χ4n) is 5.21. The van der Waals surface area contributed by atoms with Crippen LogP contribution in [0.4, 0.5) is 5.69 Å². The maximum Gasteiger partial charge on any atom is 0.226 e. The first-order valence-corrected chi connectivity index (χ1v) is 13.3. The standard InChI is InChI=1S/C30H32N6O2S/c1-20-17-23(21(2)36(20)19-22-9-8-14-31-18-22)29-28(25-11-6-7-15-32-25)34-30(39)35(29)16-13-27(37)33-24-10-4-5-12-26(24)38-3/h4-12,14-15,17-18,28-29H,13,16,19H2,1-3H3,(H,33,37)(H,34,39)/t28-,29-/m0/s1. The molecule has 39 heavy (non-hydrogen) atoms. The number of nitrogens with zero attached hydrogens (tertiary/aromatic N) is 4. The number of anilines is 1. The van der Waals surface area contributed by atoms with Crippen molar-refractivity contribution in [1.82, 2.24) is 24.8 Å². The van der Waals surface area contributed by atoms with Gasteiger partial charge in [-0.25, -0.2) is 0 Å². The molecular weight excluding hydrogens is 508 g/mol. The van der Waals surface area contributed by atoms with Gasteiger partial charge >= 0.3 is 0 Å². The molecule has 0 radical (unpaired) electrons. The van der Waals surface area contributed by atoms with Crippen LogP contribution in [0.5, 0.6) is 5.75 Å². The first kappa shape index (κ1) is 26.4. The van der Waals surface area contributed by atoms with E-state index >= 15 is 0 Å². The third kappa shape index (κ3) is 5.63. The number of thiocarbonyl (C=S) groups is 1. The summed E-state index contributed by atoms with van der Waals surface area (Å²) in [5.41, 5.74) is 6.15. The highest BCUT2D eigenvalue weighted by molar-refractivity contribution is 7.80. The average molecular weight is 541 g/mol. The number of aryl methyl sites for hydroxylation is 1. The van der Waals surface area contributed by atoms with Crippen LogP contribution in [-0.4, -0.2) is 44.1 Å². The van der Waals surface area contributed by atoms with Gasteiger partial charge in [-0.2, -0.15) is 0 Å². The minimum Gasteiger partial charge on any atom is -0.495 e. The highest BCUT2D eigenvalue weighted by atomic mass is 32.1. The Balaban J connectivity index is 1.43. The van der Waals surface area contributed by atoms with Crippen molar-refractivity contribution in [2.45, 2.75) is 38.9 Å². The molecule has 2 atom stereocenters. The molecule has 5 rings (SSSR count). The van der Waals surface area contributed by atoms with Gasteiger partial charge in [0.25, 0.3) is 0 Å². The van der Waals surface area contributed by atoms with Crippen molar-refractivity contribution in [3.8, 4) is 5.75 Å². The second kappa shape index (κ2) is 11.7. The lowest BCUT2D eigenvalue weighted by molar-refractivity contribution is -0.116. The third-order valence-corrected chi connectivity index (χ3v) is 7.51. The number of ether oxygens (including phenoxy) is 1. The van der Waals surface area contributed by atoms with Crippen molar-refractivity contribution in [3.63, 3.8) is 0 Å². The van der Waals surface area contributed by atoms with Crippen molar-refractivity contribution < 1.29 is 9.53 Å². The van der Waals surface area contributed by atoms with E-state index in [1.807, 2.05) is 54.7 Å². The molecule has 0 unspecified atom stereocenters. The fraction of sp³-hybridized carbons (Fsp3) is 0.267. The lowest BCUT2D eigenvalue weighted by Crippen LogP contribution is -2.33. The van der Waals surface area contributed by atoms with Crippen LogP contribution in [0.2, 0.25) is 0 Å². The van der Waals surface area contributed by atoms with Crippen molar-refractivity contribution in [1.29, 1.82) is 0 Å². The molecule has 1 aromatic carbocycles. The Morgan fingerprint density at radius 3 is 2.67 bits per heavy atom. The van der Waals surface area contributed by atoms with E-state index in [1.54, 1.807) is 19.5 Å². The molecule has 2 N–H and O–H groups in total. The Hall–Kier alpha value is -4.24. The summed E-state index contributed by atoms with van der Waals surface area (Å²) in [6, 6.07) is 19.3. The lowest BCUT2D eigenvalue weighted by atomic mass is 9.96. The highest BCUT2D eigenvalue weighted by Crippen LogP contribution is 2.41. The van der Waals surface area contributed by atoms with Crippen molar-refractivity contribution >= 4 is 28.9 Å². The van der Waals surface area contributed by atoms with Gasteiger partial charge in [-0.1, -0.05) is 24.3 Å². The number of benzene rings is 1. The Labute approximate surface area is 234 Å². The second-order valence-electron chi connectivity index (χ2n) is 9.59. The largest absolute Gasteiger partial charge is 0.495 e. The first-order chi connectivity index (χ1) is 19.0. The van der Waals surface area contributed by atoms with E-state index in [0.29, 0.717) is 23.1 Å². The maximum atomic E-state index is 13.0. The molecule has 0 bridgehead atoms. The summed E-state index contributed by atoms with van der Waals surface area (Å²) in [6.45, 7) is 5.44. The SMILES string of the molecule is COc1ccccc1NC(=O)CCN1C(=S)N[C@@H](c2ccccn2)[C@@H]1c1cc(C)n(Cc2cccnc2)c1C. The Kier molecular flexibility index (Phi) is 7.88. The third-order valence-electron chi connectivity index (χ3n) is 7.15. The normalized spacial score (nSPS) is 16.7. The van der Waals surface area contributed by atoms with E-state index in [2.05, 4.69) is 56.0 Å². The molecule has 0 spiro atoms. The van der Waals surface area contributed by atoms with Gasteiger partial charge in [0.2, 0.25) is 5.91 Å². The summed E-state index contributed by atoms with van der Waals surface area (Å²) < 4.78 is 7.68. The summed E-state index contributed by atoms with van der Waals surface area (Å²) in [5.74, 6) is 0.516. The van der Waals surface area contributed by atoms with E-state index < -0.39 is 0 Å². The number of carbonyl (C=O) groups excluding carboxylic acids is 1. The monoisotopic (exact) mass is 540 g/mol. The van der Waals surface area contributed by atoms with Gasteiger partial charge in [-0.15, -0.1) is 0 Å². The van der Waals surface area contributed by atoms with Crippen molar-refractivity contribution in [2.24, 2.45) is 0 Å². The first-order valence-electron chi connectivity index (χ1n) is 12.9. The highest BCUT2D eigenvalue weighted by Gasteiger charge is 2.41. The minimum absolute atomic E-state index is 0.107. The number of nitrogens with one attached hydrogen (secondary N) is 2. The zero-order valence-electron chi connectivity index (χ0n) is 22.3. The molecule has 0 saturated carbocycles. The molecule has 4 heterocycles. The van der Waals surface area contributed by atoms with Gasteiger partial charge in [-0.3, -0.25) is 14.8 Å². The smallest absolute Gasteiger partial charge is 0.226 e. The van der Waals surface area contributed by atoms with E-state index in [0.717, 1.165) is 34.8 Å². The van der Waals surface area contributed by atoms with Crippen LogP contribution in [0.1, 0.15) is 46.7 Å². The molecule has 4 aromatic rings. The molecule has 3 aromatic heterocycles. The number of pyridine rings is 2. The second-order valence-corrected chi connectivity index (χ2v) is 9.98. The Morgan fingerprint density at radius 2 is 1.92 bits per heavy atom. The molecular formula is C30H32N6O2S. The summed E-state index contributed by atoms with van der Waals surface area (Å²) in [5, 5.41) is 7.07. The quantitative estimate of drug-likeness (QED) is 0.291. The summed E-state index contributed by atoms with van der Waals surface area (Å²) >= 11 is 5.82. The van der Waals surface area contributed by atoms with E-state index in [4.69, 9.17) is 17.0 Å². The number of methoxy groups -OCH3 is 1. The number of hydrogen-bond donors (Lipinski definition) is 2. The van der Waals surface area contributed by atoms with Crippen molar-refractivity contribution in [2.75, 3.05) is 19.0 Å². The van der Waals surface area contributed by atoms with Crippen LogP contribution >= 0.6 is 12.2 Å². The van der Waals surface area contributed by atoms with E-state index in [1.165, 1.54) is 0 Å². The van der Waals surface area contributed by atoms with Gasteiger partial charge in [0.15, 0.2) is 5.11 Å². The van der Waals surface area contributed by atoms with Gasteiger partial charge < -0.3 is 24.8 Å². The molecule has 1 saturated heterocycles. The predicted octanol–water partition coefficient (Wildman–Crippen LogP) is 4.95. The summed E-state index contributed by atoms with van der Waals surface area (Å²) in [6.07, 6.45) is 5.74. The predicted molar refractivity (Wildman–Crippen MR) is 156 cm³/mol. The minimum atomic E-state index is -0.150. The molecule has 8 nitrogen and oxygen atoms in total. The molecule has 9 heteroatoms. The topological polar surface area (TPSA) is 84.3 Å². The molecule has 1 amide bonds. The zero-order chi connectivity index (χ0) is 27.4. The Bertz CT molecular complexity index is 1460. The Morgan fingerprint density at radius 1 is 1.10 bits per heavy atom. The number of rotatable bonds is 9. The number of hydrogen-bond acceptors (Lipinski definition) is 5. The number of amides is 1. The zero-order valence-corrected chi connectivity index (χ0v) is 23.1.